The molecular weight excluding hydrogens is 176 g/mol. The normalized spacial score (nSPS) is 28.0. The van der Waals surface area contributed by atoms with Crippen molar-refractivity contribution in [1.82, 2.24) is 0 Å². The van der Waals surface area contributed by atoms with E-state index in [9.17, 15) is 4.79 Å². The summed E-state index contributed by atoms with van der Waals surface area (Å²) in [5.41, 5.74) is 0. The van der Waals surface area contributed by atoms with E-state index in [0.29, 0.717) is 11.7 Å². The monoisotopic (exact) mass is 198 g/mol. The molecule has 2 nitrogen and oxygen atoms in total. The Hall–Kier alpha value is -0.370. The molecule has 0 heterocycles. The molecule has 0 bridgehead atoms. The molecule has 1 aliphatic carbocycles. The summed E-state index contributed by atoms with van der Waals surface area (Å²) in [5.74, 6) is 1.62. The number of Topliss-reactive ketones (excluding diaryl/α,β-unsaturated/α-hetero) is 1. The maximum atomic E-state index is 11.6. The lowest BCUT2D eigenvalue weighted by Crippen LogP contribution is -2.24. The molecule has 0 spiro atoms. The fraction of sp³-hybridized carbons (Fsp3) is 0.917. The van der Waals surface area contributed by atoms with Crippen LogP contribution in [0.4, 0.5) is 0 Å². The number of carbonyl (C=O) groups is 1. The first-order chi connectivity index (χ1) is 6.77. The molecule has 0 aliphatic heterocycles. The van der Waals surface area contributed by atoms with Gasteiger partial charge in [0.15, 0.2) is 0 Å². The molecule has 2 atom stereocenters. The summed E-state index contributed by atoms with van der Waals surface area (Å²) in [6.45, 7) is 3.02. The summed E-state index contributed by atoms with van der Waals surface area (Å²) in [7, 11) is 1.72. The van der Waals surface area contributed by atoms with Gasteiger partial charge in [0.05, 0.1) is 0 Å². The Labute approximate surface area is 87.0 Å². The maximum Gasteiger partial charge on any atom is 0.135 e. The van der Waals surface area contributed by atoms with Gasteiger partial charge in [0.2, 0.25) is 0 Å². The van der Waals surface area contributed by atoms with Crippen molar-refractivity contribution in [2.45, 2.75) is 45.4 Å². The quantitative estimate of drug-likeness (QED) is 0.635. The highest BCUT2D eigenvalue weighted by molar-refractivity contribution is 5.81. The summed E-state index contributed by atoms with van der Waals surface area (Å²) in [4.78, 5) is 11.6. The number of carbonyl (C=O) groups excluding carboxylic acids is 1. The minimum absolute atomic E-state index is 0.337. The summed E-state index contributed by atoms with van der Waals surface area (Å²) in [6.07, 6.45) is 6.35. The molecule has 14 heavy (non-hydrogen) atoms. The van der Waals surface area contributed by atoms with E-state index in [0.717, 1.165) is 44.6 Å². The SMILES string of the molecule is CCC1CCC(=O)C(CCCOC)C1. The molecule has 2 unspecified atom stereocenters. The second-order valence-electron chi connectivity index (χ2n) is 4.35. The molecule has 0 aromatic rings. The second kappa shape index (κ2) is 6.18. The van der Waals surface area contributed by atoms with Crippen molar-refractivity contribution in [2.24, 2.45) is 11.8 Å². The number of ketones is 1. The van der Waals surface area contributed by atoms with Gasteiger partial charge in [-0.25, -0.2) is 0 Å². The van der Waals surface area contributed by atoms with E-state index in [1.54, 1.807) is 7.11 Å². The first-order valence-electron chi connectivity index (χ1n) is 5.79. The van der Waals surface area contributed by atoms with E-state index in [1.165, 1.54) is 6.42 Å². The number of ether oxygens (including phenoxy) is 1. The largest absolute Gasteiger partial charge is 0.385 e. The van der Waals surface area contributed by atoms with Crippen LogP contribution in [-0.4, -0.2) is 19.5 Å². The number of rotatable bonds is 5. The minimum Gasteiger partial charge on any atom is -0.385 e. The van der Waals surface area contributed by atoms with Gasteiger partial charge in [0.25, 0.3) is 0 Å². The third-order valence-corrected chi connectivity index (χ3v) is 3.35. The fourth-order valence-electron chi connectivity index (χ4n) is 2.33. The molecule has 1 rings (SSSR count). The first kappa shape index (κ1) is 11.7. The number of methoxy groups -OCH3 is 1. The van der Waals surface area contributed by atoms with Crippen molar-refractivity contribution < 1.29 is 9.53 Å². The Morgan fingerprint density at radius 1 is 1.50 bits per heavy atom. The van der Waals surface area contributed by atoms with Crippen molar-refractivity contribution >= 4 is 5.78 Å². The molecule has 1 fully saturated rings. The van der Waals surface area contributed by atoms with Gasteiger partial charge in [0, 0.05) is 26.1 Å². The Morgan fingerprint density at radius 3 is 2.93 bits per heavy atom. The summed E-state index contributed by atoms with van der Waals surface area (Å²) in [5, 5.41) is 0. The van der Waals surface area contributed by atoms with Gasteiger partial charge in [-0.15, -0.1) is 0 Å². The van der Waals surface area contributed by atoms with Crippen LogP contribution in [-0.2, 0) is 9.53 Å². The third-order valence-electron chi connectivity index (χ3n) is 3.35. The predicted octanol–water partition coefficient (Wildman–Crippen LogP) is 2.81. The molecular formula is C12H22O2. The highest BCUT2D eigenvalue weighted by Crippen LogP contribution is 2.31. The van der Waals surface area contributed by atoms with E-state index in [1.807, 2.05) is 0 Å². The van der Waals surface area contributed by atoms with E-state index in [-0.39, 0.29) is 0 Å². The van der Waals surface area contributed by atoms with Crippen LogP contribution in [0.3, 0.4) is 0 Å². The molecule has 0 radical (unpaired) electrons. The van der Waals surface area contributed by atoms with Crippen LogP contribution in [0.1, 0.15) is 45.4 Å². The van der Waals surface area contributed by atoms with Crippen LogP contribution in [0.5, 0.6) is 0 Å². The van der Waals surface area contributed by atoms with Crippen molar-refractivity contribution in [1.29, 1.82) is 0 Å². The zero-order valence-electron chi connectivity index (χ0n) is 9.42. The average Bonchev–Trinajstić information content (AvgIpc) is 2.21. The van der Waals surface area contributed by atoms with Gasteiger partial charge >= 0.3 is 0 Å². The van der Waals surface area contributed by atoms with E-state index in [4.69, 9.17) is 4.74 Å². The van der Waals surface area contributed by atoms with Gasteiger partial charge < -0.3 is 4.74 Å². The standard InChI is InChI=1S/C12H22O2/c1-3-10-6-7-12(13)11(9-10)5-4-8-14-2/h10-11H,3-9H2,1-2H3. The van der Waals surface area contributed by atoms with Crippen LogP contribution in [0.25, 0.3) is 0 Å². The van der Waals surface area contributed by atoms with Crippen LogP contribution >= 0.6 is 0 Å². The van der Waals surface area contributed by atoms with Crippen molar-refractivity contribution in [2.75, 3.05) is 13.7 Å². The van der Waals surface area contributed by atoms with Crippen LogP contribution < -0.4 is 0 Å². The molecule has 1 saturated carbocycles. The number of hydrogen-bond donors (Lipinski definition) is 0. The van der Waals surface area contributed by atoms with Crippen molar-refractivity contribution in [3.8, 4) is 0 Å². The van der Waals surface area contributed by atoms with Gasteiger partial charge in [-0.3, -0.25) is 4.79 Å². The zero-order valence-corrected chi connectivity index (χ0v) is 9.42. The fourth-order valence-corrected chi connectivity index (χ4v) is 2.33. The molecule has 82 valence electrons. The molecule has 0 aromatic carbocycles. The van der Waals surface area contributed by atoms with E-state index < -0.39 is 0 Å². The second-order valence-corrected chi connectivity index (χ2v) is 4.35. The molecule has 0 aromatic heterocycles. The third kappa shape index (κ3) is 3.41. The maximum absolute atomic E-state index is 11.6. The molecule has 1 aliphatic rings. The summed E-state index contributed by atoms with van der Waals surface area (Å²) in [6, 6.07) is 0. The lowest BCUT2D eigenvalue weighted by Gasteiger charge is -2.27. The van der Waals surface area contributed by atoms with Crippen molar-refractivity contribution in [3.63, 3.8) is 0 Å². The van der Waals surface area contributed by atoms with E-state index >= 15 is 0 Å². The van der Waals surface area contributed by atoms with E-state index in [2.05, 4.69) is 6.92 Å². The Morgan fingerprint density at radius 2 is 2.29 bits per heavy atom. The van der Waals surface area contributed by atoms with Gasteiger partial charge in [-0.2, -0.15) is 0 Å². The van der Waals surface area contributed by atoms with Gasteiger partial charge in [-0.05, 0) is 31.6 Å². The van der Waals surface area contributed by atoms with Gasteiger partial charge in [-0.1, -0.05) is 13.3 Å². The molecule has 0 amide bonds. The Balaban J connectivity index is 2.29. The lowest BCUT2D eigenvalue weighted by molar-refractivity contribution is -0.126. The topological polar surface area (TPSA) is 26.3 Å². The lowest BCUT2D eigenvalue weighted by atomic mass is 9.77. The first-order valence-corrected chi connectivity index (χ1v) is 5.79. The Kier molecular flexibility index (Phi) is 5.16. The molecule has 2 heteroatoms. The van der Waals surface area contributed by atoms with Crippen molar-refractivity contribution in [3.05, 3.63) is 0 Å². The smallest absolute Gasteiger partial charge is 0.135 e. The molecule has 0 N–H and O–H groups in total. The minimum atomic E-state index is 0.337. The highest BCUT2D eigenvalue weighted by Gasteiger charge is 2.26. The average molecular weight is 198 g/mol. The van der Waals surface area contributed by atoms with Crippen LogP contribution in [0.15, 0.2) is 0 Å². The molecule has 0 saturated heterocycles. The van der Waals surface area contributed by atoms with Crippen LogP contribution in [0.2, 0.25) is 0 Å². The predicted molar refractivity (Wildman–Crippen MR) is 57.2 cm³/mol. The summed E-state index contributed by atoms with van der Waals surface area (Å²) < 4.78 is 5.01. The highest BCUT2D eigenvalue weighted by atomic mass is 16.5. The van der Waals surface area contributed by atoms with Gasteiger partial charge in [0.1, 0.15) is 5.78 Å². The Bertz CT molecular complexity index is 177. The number of hydrogen-bond acceptors (Lipinski definition) is 2. The van der Waals surface area contributed by atoms with Crippen LogP contribution in [0, 0.1) is 11.8 Å². The summed E-state index contributed by atoms with van der Waals surface area (Å²) >= 11 is 0. The zero-order chi connectivity index (χ0) is 10.4.